The molecule has 0 N–H and O–H groups in total. The van der Waals surface area contributed by atoms with Crippen LogP contribution in [-0.2, 0) is 11.3 Å². The lowest BCUT2D eigenvalue weighted by Gasteiger charge is -2.16. The summed E-state index contributed by atoms with van der Waals surface area (Å²) in [5.41, 5.74) is 0.364. The largest absolute Gasteiger partial charge is 0.465 e. The highest BCUT2D eigenvalue weighted by Gasteiger charge is 2.17. The second-order valence-corrected chi connectivity index (χ2v) is 6.30. The van der Waals surface area contributed by atoms with Crippen LogP contribution in [0, 0.1) is 5.82 Å². The fourth-order valence-electron chi connectivity index (χ4n) is 2.33. The van der Waals surface area contributed by atoms with Gasteiger partial charge in [-0.2, -0.15) is 0 Å². The maximum absolute atomic E-state index is 13.3. The van der Waals surface area contributed by atoms with Crippen molar-refractivity contribution in [3.8, 4) is 0 Å². The standard InChI is InChI=1S/C17H14FNO4S/c1-19(9-10-4-3-5-11(18)6-10)15-8-13-14(24-15)7-12(16(20)22-2)17(21)23-13/h3-8H,9H2,1-2H3. The summed E-state index contributed by atoms with van der Waals surface area (Å²) in [6.07, 6.45) is 0. The number of esters is 1. The quantitative estimate of drug-likeness (QED) is 0.677. The number of methoxy groups -OCH3 is 1. The van der Waals surface area contributed by atoms with Gasteiger partial charge < -0.3 is 14.1 Å². The maximum Gasteiger partial charge on any atom is 0.351 e. The van der Waals surface area contributed by atoms with Gasteiger partial charge in [-0.15, -0.1) is 11.3 Å². The number of anilines is 1. The Balaban J connectivity index is 1.92. The molecule has 7 heteroatoms. The van der Waals surface area contributed by atoms with Gasteiger partial charge in [-0.25, -0.2) is 14.0 Å². The van der Waals surface area contributed by atoms with Crippen molar-refractivity contribution in [1.29, 1.82) is 0 Å². The summed E-state index contributed by atoms with van der Waals surface area (Å²) in [7, 11) is 3.06. The van der Waals surface area contributed by atoms with Crippen molar-refractivity contribution in [3.05, 3.63) is 63.8 Å². The molecule has 0 atom stereocenters. The van der Waals surface area contributed by atoms with E-state index in [-0.39, 0.29) is 11.4 Å². The third-order valence-electron chi connectivity index (χ3n) is 3.50. The molecule has 0 amide bonds. The summed E-state index contributed by atoms with van der Waals surface area (Å²) >= 11 is 1.37. The minimum atomic E-state index is -0.730. The Morgan fingerprint density at radius 2 is 2.12 bits per heavy atom. The fourth-order valence-corrected chi connectivity index (χ4v) is 3.32. The smallest absolute Gasteiger partial charge is 0.351 e. The lowest BCUT2D eigenvalue weighted by atomic mass is 10.2. The molecule has 0 aliphatic carbocycles. The fraction of sp³-hybridized carbons (Fsp3) is 0.176. The molecule has 1 aromatic carbocycles. The molecule has 0 radical (unpaired) electrons. The first-order chi connectivity index (χ1) is 11.5. The van der Waals surface area contributed by atoms with E-state index >= 15 is 0 Å². The van der Waals surface area contributed by atoms with E-state index in [0.29, 0.717) is 16.8 Å². The Morgan fingerprint density at radius 1 is 1.33 bits per heavy atom. The SMILES string of the molecule is COC(=O)c1cc2sc(N(C)Cc3cccc(F)c3)cc2oc1=O. The molecule has 3 aromatic rings. The number of rotatable bonds is 4. The molecule has 124 valence electrons. The molecule has 0 bridgehead atoms. The number of halogens is 1. The first-order valence-electron chi connectivity index (χ1n) is 7.09. The third-order valence-corrected chi connectivity index (χ3v) is 4.68. The van der Waals surface area contributed by atoms with Crippen LogP contribution in [-0.4, -0.2) is 20.1 Å². The Hall–Kier alpha value is -2.67. The third kappa shape index (κ3) is 3.16. The number of carbonyl (C=O) groups is 1. The molecular weight excluding hydrogens is 333 g/mol. The average molecular weight is 347 g/mol. The van der Waals surface area contributed by atoms with Crippen molar-refractivity contribution >= 4 is 32.6 Å². The highest BCUT2D eigenvalue weighted by molar-refractivity contribution is 7.22. The Morgan fingerprint density at radius 3 is 2.83 bits per heavy atom. The van der Waals surface area contributed by atoms with Gasteiger partial charge in [0, 0.05) is 19.7 Å². The Kier molecular flexibility index (Phi) is 4.35. The van der Waals surface area contributed by atoms with Crippen LogP contribution in [0.5, 0.6) is 0 Å². The van der Waals surface area contributed by atoms with Crippen LogP contribution in [0.3, 0.4) is 0 Å². The summed E-state index contributed by atoms with van der Waals surface area (Å²) in [5.74, 6) is -1.01. The number of nitrogens with zero attached hydrogens (tertiary/aromatic N) is 1. The van der Waals surface area contributed by atoms with Crippen molar-refractivity contribution in [1.82, 2.24) is 0 Å². The molecule has 0 fully saturated rings. The minimum absolute atomic E-state index is 0.133. The van der Waals surface area contributed by atoms with Gasteiger partial charge in [-0.1, -0.05) is 12.1 Å². The molecule has 2 aromatic heterocycles. The predicted octanol–water partition coefficient (Wildman–Crippen LogP) is 3.42. The molecule has 24 heavy (non-hydrogen) atoms. The number of thiophene rings is 1. The number of ether oxygens (including phenoxy) is 1. The molecule has 0 aliphatic heterocycles. The zero-order valence-corrected chi connectivity index (χ0v) is 13.9. The number of carbonyl (C=O) groups excluding carboxylic acids is 1. The molecule has 0 saturated heterocycles. The summed E-state index contributed by atoms with van der Waals surface area (Å²) in [5, 5.41) is 0.833. The molecule has 5 nitrogen and oxygen atoms in total. The lowest BCUT2D eigenvalue weighted by Crippen LogP contribution is -2.15. The van der Waals surface area contributed by atoms with E-state index in [9.17, 15) is 14.0 Å². The minimum Gasteiger partial charge on any atom is -0.465 e. The first-order valence-corrected chi connectivity index (χ1v) is 7.91. The van der Waals surface area contributed by atoms with Crippen LogP contribution in [0.15, 0.2) is 45.6 Å². The number of benzene rings is 1. The number of hydrogen-bond donors (Lipinski definition) is 0. The Labute approximate surface area is 140 Å². The monoisotopic (exact) mass is 347 g/mol. The van der Waals surface area contributed by atoms with E-state index in [1.54, 1.807) is 12.1 Å². The maximum atomic E-state index is 13.3. The van der Waals surface area contributed by atoms with Crippen LogP contribution in [0.4, 0.5) is 9.39 Å². The zero-order chi connectivity index (χ0) is 17.3. The number of hydrogen-bond acceptors (Lipinski definition) is 6. The van der Waals surface area contributed by atoms with Gasteiger partial charge in [0.15, 0.2) is 5.58 Å². The molecule has 0 saturated carbocycles. The van der Waals surface area contributed by atoms with E-state index in [0.717, 1.165) is 10.6 Å². The van der Waals surface area contributed by atoms with Gasteiger partial charge in [0.1, 0.15) is 11.4 Å². The van der Waals surface area contributed by atoms with Crippen molar-refractivity contribution in [2.75, 3.05) is 19.1 Å². The van der Waals surface area contributed by atoms with Crippen LogP contribution < -0.4 is 10.5 Å². The molecular formula is C17H14FNO4S. The second-order valence-electron chi connectivity index (χ2n) is 5.24. The normalized spacial score (nSPS) is 10.8. The van der Waals surface area contributed by atoms with Gasteiger partial charge in [0.05, 0.1) is 16.8 Å². The van der Waals surface area contributed by atoms with Crippen LogP contribution in [0.25, 0.3) is 10.3 Å². The van der Waals surface area contributed by atoms with Gasteiger partial charge in [-0.3, -0.25) is 0 Å². The van der Waals surface area contributed by atoms with Crippen molar-refractivity contribution in [2.24, 2.45) is 0 Å². The topological polar surface area (TPSA) is 59.8 Å². The first kappa shape index (κ1) is 16.2. The summed E-state index contributed by atoms with van der Waals surface area (Å²) in [6.45, 7) is 0.499. The van der Waals surface area contributed by atoms with E-state index in [4.69, 9.17) is 4.42 Å². The molecule has 3 rings (SSSR count). The zero-order valence-electron chi connectivity index (χ0n) is 13.0. The number of fused-ring (bicyclic) bond motifs is 1. The lowest BCUT2D eigenvalue weighted by molar-refractivity contribution is 0.0596. The average Bonchev–Trinajstić information content (AvgIpc) is 2.96. The van der Waals surface area contributed by atoms with E-state index in [1.807, 2.05) is 18.0 Å². The summed E-state index contributed by atoms with van der Waals surface area (Å²) in [6, 6.07) is 9.55. The molecule has 0 aliphatic rings. The van der Waals surface area contributed by atoms with Crippen molar-refractivity contribution in [3.63, 3.8) is 0 Å². The van der Waals surface area contributed by atoms with Gasteiger partial charge in [0.25, 0.3) is 0 Å². The van der Waals surface area contributed by atoms with Crippen LogP contribution in [0.1, 0.15) is 15.9 Å². The second kappa shape index (κ2) is 6.45. The van der Waals surface area contributed by atoms with Gasteiger partial charge >= 0.3 is 11.6 Å². The van der Waals surface area contributed by atoms with E-state index < -0.39 is 11.6 Å². The van der Waals surface area contributed by atoms with Crippen molar-refractivity contribution < 1.29 is 18.3 Å². The highest BCUT2D eigenvalue weighted by Crippen LogP contribution is 2.32. The Bertz CT molecular complexity index is 963. The van der Waals surface area contributed by atoms with Crippen LogP contribution in [0.2, 0.25) is 0 Å². The predicted molar refractivity (Wildman–Crippen MR) is 90.2 cm³/mol. The van der Waals surface area contributed by atoms with Gasteiger partial charge in [0.2, 0.25) is 0 Å². The van der Waals surface area contributed by atoms with E-state index in [1.165, 1.54) is 36.6 Å². The molecule has 0 spiro atoms. The summed E-state index contributed by atoms with van der Waals surface area (Å²) in [4.78, 5) is 25.3. The van der Waals surface area contributed by atoms with Crippen LogP contribution >= 0.6 is 11.3 Å². The summed E-state index contributed by atoms with van der Waals surface area (Å²) < 4.78 is 23.7. The molecule has 0 unspecified atom stereocenters. The van der Waals surface area contributed by atoms with Crippen molar-refractivity contribution in [2.45, 2.75) is 6.54 Å². The van der Waals surface area contributed by atoms with Gasteiger partial charge in [-0.05, 0) is 23.8 Å². The molecule has 2 heterocycles. The highest BCUT2D eigenvalue weighted by atomic mass is 32.1. The van der Waals surface area contributed by atoms with E-state index in [2.05, 4.69) is 4.74 Å².